The minimum absolute atomic E-state index is 0. The number of aromatic nitrogens is 3. The van der Waals surface area contributed by atoms with Gasteiger partial charge < -0.3 is 15.0 Å². The normalized spacial score (nSPS) is 13.6. The second kappa shape index (κ2) is 11.8. The fourth-order valence-electron chi connectivity index (χ4n) is 3.01. The quantitative estimate of drug-likeness (QED) is 0.289. The van der Waals surface area contributed by atoms with Crippen LogP contribution in [-0.2, 0) is 4.74 Å². The number of hydrogen-bond donors (Lipinski definition) is 2. The standard InChI is InChI=1S/C21H20BrCl2N7O.ClH/c1-13-5-6-18(15(22)11-13)26-19-27-20(29-21(28-19)31-7-9-32-10-8-31)30-25-12-14-16(23)3-2-4-17(14)24;/h2-6,11-12H,7-10H2,1H3,(H2,26,27,28,29,30);1H/b25-12+;. The van der Waals surface area contributed by atoms with Gasteiger partial charge in [0.1, 0.15) is 0 Å². The molecule has 0 saturated carbocycles. The van der Waals surface area contributed by atoms with E-state index in [-0.39, 0.29) is 18.4 Å². The Morgan fingerprint density at radius 2 is 1.76 bits per heavy atom. The lowest BCUT2D eigenvalue weighted by molar-refractivity contribution is 0.122. The molecule has 0 atom stereocenters. The first-order valence-corrected chi connectivity index (χ1v) is 11.4. The lowest BCUT2D eigenvalue weighted by atomic mass is 10.2. The summed E-state index contributed by atoms with van der Waals surface area (Å²) in [5.41, 5.74) is 5.44. The molecular formula is C21H21BrCl3N7O. The van der Waals surface area contributed by atoms with Crippen molar-refractivity contribution in [3.8, 4) is 0 Å². The van der Waals surface area contributed by atoms with Crippen LogP contribution in [0.1, 0.15) is 11.1 Å². The summed E-state index contributed by atoms with van der Waals surface area (Å²) >= 11 is 16.0. The van der Waals surface area contributed by atoms with Crippen molar-refractivity contribution >= 4 is 81.3 Å². The van der Waals surface area contributed by atoms with Crippen molar-refractivity contribution in [3.63, 3.8) is 0 Å². The molecule has 2 N–H and O–H groups in total. The van der Waals surface area contributed by atoms with E-state index >= 15 is 0 Å². The van der Waals surface area contributed by atoms with E-state index in [4.69, 9.17) is 27.9 Å². The van der Waals surface area contributed by atoms with Gasteiger partial charge >= 0.3 is 0 Å². The number of nitrogens with one attached hydrogen (secondary N) is 2. The van der Waals surface area contributed by atoms with Crippen molar-refractivity contribution in [2.45, 2.75) is 6.92 Å². The summed E-state index contributed by atoms with van der Waals surface area (Å²) < 4.78 is 6.35. The first-order valence-electron chi connectivity index (χ1n) is 9.84. The molecule has 1 aliphatic rings. The van der Waals surface area contributed by atoms with Crippen LogP contribution in [0.3, 0.4) is 0 Å². The van der Waals surface area contributed by atoms with Crippen molar-refractivity contribution in [1.29, 1.82) is 0 Å². The summed E-state index contributed by atoms with van der Waals surface area (Å²) in [4.78, 5) is 15.6. The molecule has 0 spiro atoms. The zero-order valence-electron chi connectivity index (χ0n) is 17.6. The monoisotopic (exact) mass is 571 g/mol. The largest absolute Gasteiger partial charge is 0.378 e. The van der Waals surface area contributed by atoms with Crippen LogP contribution in [0, 0.1) is 6.92 Å². The zero-order valence-corrected chi connectivity index (χ0v) is 21.5. The second-order valence-electron chi connectivity index (χ2n) is 7.00. The van der Waals surface area contributed by atoms with E-state index in [0.717, 1.165) is 15.7 Å². The third-order valence-electron chi connectivity index (χ3n) is 4.65. The van der Waals surface area contributed by atoms with Crippen LogP contribution < -0.4 is 15.6 Å². The number of benzene rings is 2. The Balaban J connectivity index is 0.00000306. The molecule has 1 fully saturated rings. The van der Waals surface area contributed by atoms with E-state index in [9.17, 15) is 0 Å². The second-order valence-corrected chi connectivity index (χ2v) is 8.66. The van der Waals surface area contributed by atoms with Gasteiger partial charge in [-0.3, -0.25) is 0 Å². The molecule has 4 rings (SSSR count). The van der Waals surface area contributed by atoms with Crippen LogP contribution >= 0.6 is 51.5 Å². The number of ether oxygens (including phenoxy) is 1. The molecule has 0 radical (unpaired) electrons. The number of halogens is 4. The summed E-state index contributed by atoms with van der Waals surface area (Å²) in [7, 11) is 0. The van der Waals surface area contributed by atoms with Crippen molar-refractivity contribution in [1.82, 2.24) is 15.0 Å². The summed E-state index contributed by atoms with van der Waals surface area (Å²) in [5, 5.41) is 8.46. The molecule has 1 saturated heterocycles. The van der Waals surface area contributed by atoms with E-state index in [2.05, 4.69) is 46.7 Å². The molecule has 0 bridgehead atoms. The van der Waals surface area contributed by atoms with Crippen LogP contribution in [0.5, 0.6) is 0 Å². The number of nitrogens with zero attached hydrogens (tertiary/aromatic N) is 5. The van der Waals surface area contributed by atoms with Crippen LogP contribution in [0.2, 0.25) is 10.0 Å². The maximum Gasteiger partial charge on any atom is 0.250 e. The zero-order chi connectivity index (χ0) is 22.5. The van der Waals surface area contributed by atoms with Crippen LogP contribution in [0.25, 0.3) is 0 Å². The molecule has 8 nitrogen and oxygen atoms in total. The Morgan fingerprint density at radius 3 is 2.45 bits per heavy atom. The van der Waals surface area contributed by atoms with Crippen LogP contribution in [0.4, 0.5) is 23.5 Å². The minimum Gasteiger partial charge on any atom is -0.378 e. The molecule has 33 heavy (non-hydrogen) atoms. The van der Waals surface area contributed by atoms with Crippen molar-refractivity contribution in [3.05, 3.63) is 62.0 Å². The summed E-state index contributed by atoms with van der Waals surface area (Å²) in [6, 6.07) is 11.3. The van der Waals surface area contributed by atoms with E-state index in [0.29, 0.717) is 53.8 Å². The molecule has 2 aromatic carbocycles. The lowest BCUT2D eigenvalue weighted by Gasteiger charge is -2.27. The fraction of sp³-hybridized carbons (Fsp3) is 0.238. The number of morpholine rings is 1. The Bertz CT molecular complexity index is 1120. The van der Waals surface area contributed by atoms with E-state index in [1.54, 1.807) is 18.2 Å². The molecule has 3 aromatic rings. The fourth-order valence-corrected chi connectivity index (χ4v) is 4.09. The predicted octanol–water partition coefficient (Wildman–Crippen LogP) is 5.70. The lowest BCUT2D eigenvalue weighted by Crippen LogP contribution is -2.37. The molecule has 0 amide bonds. The van der Waals surface area contributed by atoms with Crippen molar-refractivity contribution < 1.29 is 4.74 Å². The highest BCUT2D eigenvalue weighted by Gasteiger charge is 2.17. The molecule has 1 aromatic heterocycles. The highest BCUT2D eigenvalue weighted by Crippen LogP contribution is 2.27. The average molecular weight is 574 g/mol. The maximum absolute atomic E-state index is 6.20. The van der Waals surface area contributed by atoms with Crippen molar-refractivity contribution in [2.75, 3.05) is 41.9 Å². The third kappa shape index (κ3) is 6.68. The molecule has 0 unspecified atom stereocenters. The molecule has 0 aliphatic carbocycles. The maximum atomic E-state index is 6.20. The number of rotatable bonds is 6. The minimum atomic E-state index is 0. The highest BCUT2D eigenvalue weighted by atomic mass is 79.9. The molecule has 12 heteroatoms. The predicted molar refractivity (Wildman–Crippen MR) is 140 cm³/mol. The Kier molecular flexibility index (Phi) is 9.10. The molecule has 174 valence electrons. The first kappa shape index (κ1) is 25.5. The van der Waals surface area contributed by atoms with E-state index in [1.165, 1.54) is 6.21 Å². The Morgan fingerprint density at radius 1 is 1.06 bits per heavy atom. The van der Waals surface area contributed by atoms with Gasteiger partial charge in [0.25, 0.3) is 0 Å². The number of anilines is 4. The first-order chi connectivity index (χ1) is 15.5. The van der Waals surface area contributed by atoms with Crippen LogP contribution in [0.15, 0.2) is 46.0 Å². The van der Waals surface area contributed by atoms with Gasteiger partial charge in [0.05, 0.1) is 35.2 Å². The molecular weight excluding hydrogens is 553 g/mol. The Labute approximate surface area is 216 Å². The third-order valence-corrected chi connectivity index (χ3v) is 5.96. The topological polar surface area (TPSA) is 87.6 Å². The number of hydrogen-bond acceptors (Lipinski definition) is 8. The summed E-state index contributed by atoms with van der Waals surface area (Å²) in [6.45, 7) is 4.64. The average Bonchev–Trinajstić information content (AvgIpc) is 2.78. The molecule has 1 aliphatic heterocycles. The summed E-state index contributed by atoms with van der Waals surface area (Å²) in [6.07, 6.45) is 1.53. The summed E-state index contributed by atoms with van der Waals surface area (Å²) in [5.74, 6) is 1.20. The van der Waals surface area contributed by atoms with Gasteiger partial charge in [0.15, 0.2) is 0 Å². The number of aryl methyl sites for hydroxylation is 1. The highest BCUT2D eigenvalue weighted by molar-refractivity contribution is 9.10. The van der Waals surface area contributed by atoms with Gasteiger partial charge in [-0.15, -0.1) is 12.4 Å². The Hall–Kier alpha value is -2.17. The van der Waals surface area contributed by atoms with Gasteiger partial charge in [-0.1, -0.05) is 35.3 Å². The van der Waals surface area contributed by atoms with Crippen LogP contribution in [-0.4, -0.2) is 47.5 Å². The van der Waals surface area contributed by atoms with Gasteiger partial charge in [0.2, 0.25) is 17.8 Å². The van der Waals surface area contributed by atoms with Gasteiger partial charge in [0, 0.05) is 23.1 Å². The number of hydrazone groups is 1. The van der Waals surface area contributed by atoms with E-state index in [1.807, 2.05) is 30.0 Å². The smallest absolute Gasteiger partial charge is 0.250 e. The van der Waals surface area contributed by atoms with Gasteiger partial charge in [-0.25, -0.2) is 5.43 Å². The molecule has 2 heterocycles. The SMILES string of the molecule is Cc1ccc(Nc2nc(N/N=C/c3c(Cl)cccc3Cl)nc(N3CCOCC3)n2)c(Br)c1.Cl. The van der Waals surface area contributed by atoms with E-state index < -0.39 is 0 Å². The van der Waals surface area contributed by atoms with Gasteiger partial charge in [-0.2, -0.15) is 20.1 Å². The van der Waals surface area contributed by atoms with Crippen molar-refractivity contribution in [2.24, 2.45) is 5.10 Å². The van der Waals surface area contributed by atoms with Gasteiger partial charge in [-0.05, 0) is 52.7 Å².